The Hall–Kier alpha value is -2.32. The first-order valence-electron chi connectivity index (χ1n) is 10.8. The third-order valence-electron chi connectivity index (χ3n) is 5.54. The van der Waals surface area contributed by atoms with Crippen molar-refractivity contribution in [3.05, 3.63) is 0 Å². The Morgan fingerprint density at radius 1 is 1.03 bits per heavy atom. The highest BCUT2D eigenvalue weighted by Crippen LogP contribution is 2.27. The molecule has 2 unspecified atom stereocenters. The van der Waals surface area contributed by atoms with E-state index in [-0.39, 0.29) is 5.92 Å². The van der Waals surface area contributed by atoms with Gasteiger partial charge in [0.25, 0.3) is 5.91 Å². The molecule has 1 saturated heterocycles. The second-order valence-corrected chi connectivity index (χ2v) is 9.13. The average Bonchev–Trinajstić information content (AvgIpc) is 2.69. The predicted molar refractivity (Wildman–Crippen MR) is 109 cm³/mol. The molecule has 170 valence electrons. The number of amides is 3. The normalized spacial score (nSPS) is 21.4. The lowest BCUT2D eigenvalue weighted by Crippen LogP contribution is -2.52. The first-order chi connectivity index (χ1) is 14.1. The molecule has 1 saturated carbocycles. The van der Waals surface area contributed by atoms with Gasteiger partial charge >= 0.3 is 12.1 Å². The van der Waals surface area contributed by atoms with Crippen molar-refractivity contribution in [1.82, 2.24) is 10.2 Å². The Bertz CT molecular complexity index is 639. The minimum Gasteiger partial charge on any atom is -0.454 e. The molecule has 3 N–H and O–H groups in total. The summed E-state index contributed by atoms with van der Waals surface area (Å²) in [5, 5.41) is 2.64. The molecule has 3 amide bonds. The summed E-state index contributed by atoms with van der Waals surface area (Å²) >= 11 is 0. The number of nitrogens with one attached hydrogen (secondary N) is 1. The van der Waals surface area contributed by atoms with Gasteiger partial charge in [0.1, 0.15) is 17.7 Å². The van der Waals surface area contributed by atoms with Crippen molar-refractivity contribution in [2.24, 2.45) is 11.7 Å². The van der Waals surface area contributed by atoms with Gasteiger partial charge in [-0.05, 0) is 58.8 Å². The topological polar surface area (TPSA) is 128 Å². The molecule has 2 atom stereocenters. The van der Waals surface area contributed by atoms with Crippen LogP contribution in [-0.4, -0.2) is 59.6 Å². The quantitative estimate of drug-likeness (QED) is 0.625. The van der Waals surface area contributed by atoms with Crippen molar-refractivity contribution < 1.29 is 28.7 Å². The molecule has 0 aromatic heterocycles. The first kappa shape index (κ1) is 24.0. The van der Waals surface area contributed by atoms with Crippen LogP contribution in [-0.2, 0) is 23.9 Å². The average molecular weight is 426 g/mol. The molecule has 2 aliphatic rings. The van der Waals surface area contributed by atoms with E-state index in [0.717, 1.165) is 44.9 Å². The molecular weight excluding hydrogens is 390 g/mol. The maximum atomic E-state index is 12.8. The van der Waals surface area contributed by atoms with E-state index in [0.29, 0.717) is 13.0 Å². The number of rotatable bonds is 6. The van der Waals surface area contributed by atoms with E-state index >= 15 is 0 Å². The van der Waals surface area contributed by atoms with E-state index in [9.17, 15) is 19.2 Å². The summed E-state index contributed by atoms with van der Waals surface area (Å²) in [7, 11) is 0. The zero-order valence-electron chi connectivity index (χ0n) is 18.3. The number of carbonyl (C=O) groups excluding carboxylic acids is 4. The molecule has 0 aromatic carbocycles. The molecule has 0 radical (unpaired) electrons. The molecule has 1 aliphatic heterocycles. The van der Waals surface area contributed by atoms with Crippen LogP contribution in [0.5, 0.6) is 0 Å². The number of ether oxygens (including phenoxy) is 2. The maximum absolute atomic E-state index is 12.8. The van der Waals surface area contributed by atoms with E-state index in [1.165, 1.54) is 4.90 Å². The molecule has 2 rings (SSSR count). The van der Waals surface area contributed by atoms with Gasteiger partial charge in [0, 0.05) is 6.54 Å². The highest BCUT2D eigenvalue weighted by molar-refractivity contribution is 5.89. The van der Waals surface area contributed by atoms with E-state index in [4.69, 9.17) is 15.2 Å². The van der Waals surface area contributed by atoms with Crippen molar-refractivity contribution in [3.8, 4) is 0 Å². The summed E-state index contributed by atoms with van der Waals surface area (Å²) in [6, 6.07) is -1.54. The fourth-order valence-electron chi connectivity index (χ4n) is 4.10. The van der Waals surface area contributed by atoms with Gasteiger partial charge in [-0.25, -0.2) is 9.59 Å². The molecule has 0 spiro atoms. The zero-order chi connectivity index (χ0) is 22.3. The number of primary amides is 1. The van der Waals surface area contributed by atoms with Gasteiger partial charge in [-0.2, -0.15) is 0 Å². The van der Waals surface area contributed by atoms with Gasteiger partial charge in [0.2, 0.25) is 5.91 Å². The number of hydrogen-bond donors (Lipinski definition) is 2. The highest BCUT2D eigenvalue weighted by Gasteiger charge is 2.35. The molecule has 0 bridgehead atoms. The number of hydrogen-bond acceptors (Lipinski definition) is 6. The number of piperidine rings is 1. The van der Waals surface area contributed by atoms with Crippen LogP contribution >= 0.6 is 0 Å². The third kappa shape index (κ3) is 7.18. The molecular formula is C21H35N3O6. The monoisotopic (exact) mass is 425 g/mol. The first-order valence-corrected chi connectivity index (χ1v) is 10.8. The van der Waals surface area contributed by atoms with Crippen LogP contribution in [0.25, 0.3) is 0 Å². The van der Waals surface area contributed by atoms with E-state index in [2.05, 4.69) is 5.32 Å². The van der Waals surface area contributed by atoms with Crippen LogP contribution in [0, 0.1) is 5.92 Å². The Morgan fingerprint density at radius 2 is 1.67 bits per heavy atom. The molecule has 30 heavy (non-hydrogen) atoms. The minimum atomic E-state index is -0.874. The number of likely N-dealkylation sites (tertiary alicyclic amines) is 1. The Kier molecular flexibility index (Phi) is 8.49. The smallest absolute Gasteiger partial charge is 0.408 e. The van der Waals surface area contributed by atoms with Gasteiger partial charge in [0.05, 0.1) is 0 Å². The lowest BCUT2D eigenvalue weighted by molar-refractivity contribution is -0.157. The lowest BCUT2D eigenvalue weighted by Gasteiger charge is -2.34. The van der Waals surface area contributed by atoms with Gasteiger partial charge < -0.3 is 25.4 Å². The molecule has 1 aliphatic carbocycles. The van der Waals surface area contributed by atoms with Crippen molar-refractivity contribution in [3.63, 3.8) is 0 Å². The highest BCUT2D eigenvalue weighted by atomic mass is 16.6. The predicted octanol–water partition coefficient (Wildman–Crippen LogP) is 1.87. The number of nitrogens with zero attached hydrogens (tertiary/aromatic N) is 1. The minimum absolute atomic E-state index is 0.0674. The van der Waals surface area contributed by atoms with Crippen LogP contribution < -0.4 is 11.1 Å². The maximum Gasteiger partial charge on any atom is 0.408 e. The summed E-state index contributed by atoms with van der Waals surface area (Å²) in [5.74, 6) is -1.73. The Morgan fingerprint density at radius 3 is 2.27 bits per heavy atom. The van der Waals surface area contributed by atoms with Gasteiger partial charge in [0.15, 0.2) is 6.61 Å². The lowest BCUT2D eigenvalue weighted by atomic mass is 9.84. The molecule has 0 aromatic rings. The summed E-state index contributed by atoms with van der Waals surface area (Å²) in [4.78, 5) is 50.6. The molecule has 9 heteroatoms. The summed E-state index contributed by atoms with van der Waals surface area (Å²) in [6.07, 6.45) is 6.03. The van der Waals surface area contributed by atoms with E-state index in [1.54, 1.807) is 20.8 Å². The Labute approximate surface area is 178 Å². The number of alkyl carbamates (subject to hydrolysis) is 1. The van der Waals surface area contributed by atoms with Crippen molar-refractivity contribution >= 4 is 23.9 Å². The number of nitrogens with two attached hydrogens (primary N) is 1. The van der Waals surface area contributed by atoms with Crippen LogP contribution in [0.3, 0.4) is 0 Å². The fraction of sp³-hybridized carbons (Fsp3) is 0.810. The van der Waals surface area contributed by atoms with Crippen LogP contribution in [0.15, 0.2) is 0 Å². The molecule has 1 heterocycles. The van der Waals surface area contributed by atoms with E-state index < -0.39 is 48.2 Å². The number of carbonyl (C=O) groups is 4. The van der Waals surface area contributed by atoms with Crippen LogP contribution in [0.4, 0.5) is 4.79 Å². The van der Waals surface area contributed by atoms with Crippen molar-refractivity contribution in [1.29, 1.82) is 0 Å². The third-order valence-corrected chi connectivity index (χ3v) is 5.54. The molecule has 9 nitrogen and oxygen atoms in total. The fourth-order valence-corrected chi connectivity index (χ4v) is 4.10. The van der Waals surface area contributed by atoms with Gasteiger partial charge in [-0.1, -0.05) is 19.3 Å². The summed E-state index contributed by atoms with van der Waals surface area (Å²) < 4.78 is 10.6. The summed E-state index contributed by atoms with van der Waals surface area (Å²) in [5.41, 5.74) is 4.70. The standard InChI is InChI=1S/C21H35N3O6/c1-21(2,3)30-20(28)23-17(14-9-5-4-6-10-14)19(27)29-13-16(25)24-12-8-7-11-15(24)18(22)26/h14-15,17H,4-13H2,1-3H3,(H2,22,26)(H,23,28). The van der Waals surface area contributed by atoms with Gasteiger partial charge in [-0.3, -0.25) is 9.59 Å². The Balaban J connectivity index is 1.99. The number of esters is 1. The van der Waals surface area contributed by atoms with Crippen molar-refractivity contribution in [2.75, 3.05) is 13.2 Å². The van der Waals surface area contributed by atoms with E-state index in [1.807, 2.05) is 0 Å². The zero-order valence-corrected chi connectivity index (χ0v) is 18.3. The van der Waals surface area contributed by atoms with Crippen LogP contribution in [0.1, 0.15) is 72.1 Å². The second-order valence-electron chi connectivity index (χ2n) is 9.13. The van der Waals surface area contributed by atoms with Gasteiger partial charge in [-0.15, -0.1) is 0 Å². The SMILES string of the molecule is CC(C)(C)OC(=O)NC(C(=O)OCC(=O)N1CCCCC1C(N)=O)C1CCCCC1. The van der Waals surface area contributed by atoms with Crippen molar-refractivity contribution in [2.45, 2.75) is 89.8 Å². The summed E-state index contributed by atoms with van der Waals surface area (Å²) in [6.45, 7) is 5.15. The largest absolute Gasteiger partial charge is 0.454 e. The van der Waals surface area contributed by atoms with Crippen LogP contribution in [0.2, 0.25) is 0 Å². The molecule has 2 fully saturated rings. The second kappa shape index (κ2) is 10.6.